The zero-order chi connectivity index (χ0) is 13.1. The fourth-order valence-corrected chi connectivity index (χ4v) is 0.895. The third-order valence-corrected chi connectivity index (χ3v) is 1.74. The van der Waals surface area contributed by atoms with E-state index in [4.69, 9.17) is 5.26 Å². The summed E-state index contributed by atoms with van der Waals surface area (Å²) in [7, 11) is 0.788. The summed E-state index contributed by atoms with van der Waals surface area (Å²) in [4.78, 5) is 11.0. The van der Waals surface area contributed by atoms with Crippen LogP contribution < -0.4 is 0 Å². The molecule has 0 aromatic carbocycles. The molecule has 0 bridgehead atoms. The van der Waals surface area contributed by atoms with Gasteiger partial charge in [0.2, 0.25) is 0 Å². The predicted molar refractivity (Wildman–Crippen MR) is 43.4 cm³/mol. The number of alkyl halides is 5. The number of nitriles is 1. The Hall–Kier alpha value is -1.39. The molecule has 0 spiro atoms. The van der Waals surface area contributed by atoms with Gasteiger partial charge in [0.25, 0.3) is 0 Å². The normalized spacial score (nSPS) is 14.1. The van der Waals surface area contributed by atoms with E-state index in [0.717, 1.165) is 7.05 Å². The van der Waals surface area contributed by atoms with Crippen LogP contribution in [0.1, 0.15) is 6.92 Å². The van der Waals surface area contributed by atoms with Crippen LogP contribution in [-0.2, 0) is 4.79 Å². The van der Waals surface area contributed by atoms with Crippen LogP contribution >= 0.6 is 0 Å². The van der Waals surface area contributed by atoms with Crippen LogP contribution in [0.2, 0.25) is 0 Å². The van der Waals surface area contributed by atoms with E-state index < -0.39 is 30.5 Å². The van der Waals surface area contributed by atoms with Crippen molar-refractivity contribution in [1.29, 1.82) is 5.26 Å². The van der Waals surface area contributed by atoms with E-state index in [-0.39, 0.29) is 4.90 Å². The summed E-state index contributed by atoms with van der Waals surface area (Å²) in [5.41, 5.74) is 0. The van der Waals surface area contributed by atoms with Crippen LogP contribution in [0.25, 0.3) is 0 Å². The van der Waals surface area contributed by atoms with Crippen molar-refractivity contribution in [3.05, 3.63) is 0 Å². The Morgan fingerprint density at radius 2 is 1.81 bits per heavy atom. The summed E-state index contributed by atoms with van der Waals surface area (Å²) in [6.07, 6.45) is -5.92. The van der Waals surface area contributed by atoms with Gasteiger partial charge >= 0.3 is 18.0 Å². The Morgan fingerprint density at radius 3 is 2.12 bits per heavy atom. The highest BCUT2D eigenvalue weighted by Gasteiger charge is 2.64. The number of hydrogen-bond donors (Lipinski definition) is 0. The molecule has 92 valence electrons. The number of carbonyl (C=O) groups is 1. The Bertz CT molecular complexity index is 307. The monoisotopic (exact) mass is 244 g/mol. The molecule has 1 atom stereocenters. The van der Waals surface area contributed by atoms with Crippen molar-refractivity contribution in [2.24, 2.45) is 5.92 Å². The maximum Gasteiger partial charge on any atom is 0.463 e. The molecule has 0 saturated carbocycles. The fourth-order valence-electron chi connectivity index (χ4n) is 0.895. The van der Waals surface area contributed by atoms with Gasteiger partial charge in [0, 0.05) is 13.6 Å². The number of carbonyl (C=O) groups excluding carboxylic acids is 1. The lowest BCUT2D eigenvalue weighted by Crippen LogP contribution is -2.51. The van der Waals surface area contributed by atoms with Gasteiger partial charge in [-0.3, -0.25) is 4.79 Å². The molecule has 0 rings (SSSR count). The highest BCUT2D eigenvalue weighted by Crippen LogP contribution is 2.36. The minimum Gasteiger partial charge on any atom is -0.339 e. The van der Waals surface area contributed by atoms with E-state index in [0.29, 0.717) is 0 Å². The van der Waals surface area contributed by atoms with Crippen molar-refractivity contribution in [3.63, 3.8) is 0 Å². The molecule has 0 radical (unpaired) electrons. The summed E-state index contributed by atoms with van der Waals surface area (Å²) < 4.78 is 60.5. The molecule has 0 saturated heterocycles. The smallest absolute Gasteiger partial charge is 0.339 e. The van der Waals surface area contributed by atoms with Gasteiger partial charge in [-0.25, -0.2) is 0 Å². The SMILES string of the molecule is CC(C#N)CN(C)C(=O)C(F)(F)C(F)(F)F. The van der Waals surface area contributed by atoms with Crippen LogP contribution in [0.4, 0.5) is 22.0 Å². The molecule has 0 aromatic rings. The molecular weight excluding hydrogens is 235 g/mol. The maximum atomic E-state index is 12.5. The van der Waals surface area contributed by atoms with Gasteiger partial charge in [-0.15, -0.1) is 0 Å². The summed E-state index contributed by atoms with van der Waals surface area (Å²) in [5.74, 6) is -8.60. The number of amides is 1. The van der Waals surface area contributed by atoms with E-state index in [1.54, 1.807) is 6.07 Å². The van der Waals surface area contributed by atoms with E-state index in [2.05, 4.69) is 0 Å². The van der Waals surface area contributed by atoms with Crippen LogP contribution in [0.5, 0.6) is 0 Å². The van der Waals surface area contributed by atoms with Gasteiger partial charge in [0.05, 0.1) is 12.0 Å². The first kappa shape index (κ1) is 14.6. The topological polar surface area (TPSA) is 44.1 Å². The number of halogens is 5. The highest BCUT2D eigenvalue weighted by molar-refractivity contribution is 5.84. The fraction of sp³-hybridized carbons (Fsp3) is 0.750. The lowest BCUT2D eigenvalue weighted by Gasteiger charge is -2.25. The van der Waals surface area contributed by atoms with Gasteiger partial charge < -0.3 is 4.90 Å². The Kier molecular flexibility index (Phi) is 4.23. The molecule has 16 heavy (non-hydrogen) atoms. The maximum absolute atomic E-state index is 12.5. The van der Waals surface area contributed by atoms with Crippen molar-refractivity contribution in [2.75, 3.05) is 13.6 Å². The van der Waals surface area contributed by atoms with Crippen LogP contribution in [-0.4, -0.2) is 36.5 Å². The highest BCUT2D eigenvalue weighted by atomic mass is 19.4. The average molecular weight is 244 g/mol. The number of rotatable bonds is 3. The second-order valence-corrected chi connectivity index (χ2v) is 3.29. The van der Waals surface area contributed by atoms with E-state index >= 15 is 0 Å². The second-order valence-electron chi connectivity index (χ2n) is 3.29. The first-order valence-electron chi connectivity index (χ1n) is 4.13. The van der Waals surface area contributed by atoms with Crippen molar-refractivity contribution >= 4 is 5.91 Å². The van der Waals surface area contributed by atoms with Crippen LogP contribution in [0.15, 0.2) is 0 Å². The zero-order valence-electron chi connectivity index (χ0n) is 8.48. The van der Waals surface area contributed by atoms with Gasteiger partial charge in [0.15, 0.2) is 0 Å². The lowest BCUT2D eigenvalue weighted by molar-refractivity contribution is -0.274. The molecule has 0 aromatic heterocycles. The molecule has 0 N–H and O–H groups in total. The van der Waals surface area contributed by atoms with E-state index in [1.807, 2.05) is 0 Å². The molecule has 0 heterocycles. The number of hydrogen-bond acceptors (Lipinski definition) is 2. The molecule has 0 aliphatic heterocycles. The quantitative estimate of drug-likeness (QED) is 0.710. The standard InChI is InChI=1S/C8H9F5N2O/c1-5(3-14)4-15(2)6(16)7(9,10)8(11,12)13/h5H,4H2,1-2H3. The Balaban J connectivity index is 4.75. The van der Waals surface area contributed by atoms with Gasteiger partial charge in [-0.05, 0) is 6.92 Å². The minimum absolute atomic E-state index is 0.196. The van der Waals surface area contributed by atoms with Gasteiger partial charge in [-0.1, -0.05) is 0 Å². The minimum atomic E-state index is -5.92. The molecule has 1 amide bonds. The molecule has 3 nitrogen and oxygen atoms in total. The zero-order valence-corrected chi connectivity index (χ0v) is 8.48. The molecule has 1 unspecified atom stereocenters. The second kappa shape index (κ2) is 4.63. The Morgan fingerprint density at radius 1 is 1.38 bits per heavy atom. The predicted octanol–water partition coefficient (Wildman–Crippen LogP) is 1.80. The number of nitrogens with zero attached hydrogens (tertiary/aromatic N) is 2. The first-order chi connectivity index (χ1) is 7.04. The third kappa shape index (κ3) is 3.05. The van der Waals surface area contributed by atoms with Crippen molar-refractivity contribution in [2.45, 2.75) is 19.0 Å². The summed E-state index contributed by atoms with van der Waals surface area (Å²) in [6, 6.07) is 1.62. The molecule has 0 aliphatic carbocycles. The van der Waals surface area contributed by atoms with Crippen molar-refractivity contribution in [3.8, 4) is 6.07 Å². The van der Waals surface area contributed by atoms with Gasteiger partial charge in [-0.2, -0.15) is 27.2 Å². The average Bonchev–Trinajstić information content (AvgIpc) is 2.14. The van der Waals surface area contributed by atoms with Crippen LogP contribution in [0.3, 0.4) is 0 Å². The van der Waals surface area contributed by atoms with Gasteiger partial charge in [0.1, 0.15) is 0 Å². The molecule has 0 aliphatic rings. The molecule has 0 fully saturated rings. The first-order valence-corrected chi connectivity index (χ1v) is 4.13. The van der Waals surface area contributed by atoms with Crippen LogP contribution in [0, 0.1) is 17.2 Å². The summed E-state index contributed by atoms with van der Waals surface area (Å²) in [6.45, 7) is 0.816. The third-order valence-electron chi connectivity index (χ3n) is 1.74. The van der Waals surface area contributed by atoms with E-state index in [1.165, 1.54) is 6.92 Å². The van der Waals surface area contributed by atoms with E-state index in [9.17, 15) is 26.7 Å². The van der Waals surface area contributed by atoms with Crippen molar-refractivity contribution in [1.82, 2.24) is 4.90 Å². The van der Waals surface area contributed by atoms with Crippen molar-refractivity contribution < 1.29 is 26.7 Å². The largest absolute Gasteiger partial charge is 0.463 e. The Labute approximate surface area is 88.4 Å². The molecule has 8 heteroatoms. The summed E-state index contributed by atoms with van der Waals surface area (Å²) in [5, 5.41) is 8.33. The summed E-state index contributed by atoms with van der Waals surface area (Å²) >= 11 is 0. The molecular formula is C8H9F5N2O. The lowest BCUT2D eigenvalue weighted by atomic mass is 10.2.